The maximum Gasteiger partial charge on any atom is 0.238 e. The molecule has 1 atom stereocenters. The molecule has 3 nitrogen and oxygen atoms in total. The molecule has 0 bridgehead atoms. The van der Waals surface area contributed by atoms with Gasteiger partial charge in [-0.25, -0.2) is 8.78 Å². The van der Waals surface area contributed by atoms with Crippen LogP contribution < -0.4 is 10.6 Å². The Balaban J connectivity index is 1.92. The molecular weight excluding hydrogens is 318 g/mol. The zero-order valence-electron chi connectivity index (χ0n) is 12.9. The number of hydrogen-bond donors (Lipinski definition) is 2. The fourth-order valence-electron chi connectivity index (χ4n) is 2.09. The second kappa shape index (κ2) is 8.08. The minimum Gasteiger partial charge on any atom is -0.324 e. The number of carbonyl (C=O) groups is 1. The van der Waals surface area contributed by atoms with Crippen LogP contribution in [0, 0.1) is 11.6 Å². The van der Waals surface area contributed by atoms with Gasteiger partial charge in [0, 0.05) is 10.9 Å². The molecule has 1 amide bonds. The number of anilines is 1. The fourth-order valence-corrected chi connectivity index (χ4v) is 2.64. The summed E-state index contributed by atoms with van der Waals surface area (Å²) < 4.78 is 26.2. The van der Waals surface area contributed by atoms with Crippen molar-refractivity contribution >= 4 is 23.4 Å². The molecular formula is C17H18F2N2OS. The minimum atomic E-state index is -0.894. The van der Waals surface area contributed by atoms with Gasteiger partial charge in [0.25, 0.3) is 0 Å². The number of halogens is 2. The summed E-state index contributed by atoms with van der Waals surface area (Å²) in [6.07, 6.45) is 1.94. The summed E-state index contributed by atoms with van der Waals surface area (Å²) in [5.74, 6) is -1.97. The van der Waals surface area contributed by atoms with Crippen LogP contribution >= 0.6 is 11.8 Å². The predicted octanol–water partition coefficient (Wildman–Crippen LogP) is 3.98. The molecule has 0 aliphatic heterocycles. The monoisotopic (exact) mass is 336 g/mol. The number of para-hydroxylation sites is 1. The third-order valence-corrected chi connectivity index (χ3v) is 4.19. The van der Waals surface area contributed by atoms with Gasteiger partial charge in [-0.2, -0.15) is 0 Å². The van der Waals surface area contributed by atoms with Crippen LogP contribution in [0.3, 0.4) is 0 Å². The zero-order chi connectivity index (χ0) is 16.8. The lowest BCUT2D eigenvalue weighted by atomic mass is 10.1. The van der Waals surface area contributed by atoms with E-state index in [0.29, 0.717) is 5.56 Å². The molecule has 2 aromatic carbocycles. The third-order valence-electron chi connectivity index (χ3n) is 3.39. The Morgan fingerprint density at radius 1 is 1.17 bits per heavy atom. The molecule has 0 saturated carbocycles. The van der Waals surface area contributed by atoms with Crippen molar-refractivity contribution < 1.29 is 13.6 Å². The van der Waals surface area contributed by atoms with Crippen molar-refractivity contribution in [2.45, 2.75) is 17.9 Å². The highest BCUT2D eigenvalue weighted by Crippen LogP contribution is 2.24. The van der Waals surface area contributed by atoms with Gasteiger partial charge in [0.05, 0.1) is 12.2 Å². The van der Waals surface area contributed by atoms with E-state index in [2.05, 4.69) is 10.6 Å². The third kappa shape index (κ3) is 4.77. The number of amides is 1. The second-order valence-corrected chi connectivity index (χ2v) is 5.87. The average Bonchev–Trinajstić information content (AvgIpc) is 2.55. The molecule has 0 aliphatic carbocycles. The summed E-state index contributed by atoms with van der Waals surface area (Å²) in [5, 5.41) is 5.83. The Kier molecular flexibility index (Phi) is 6.12. The molecule has 0 heterocycles. The Morgan fingerprint density at radius 2 is 1.91 bits per heavy atom. The topological polar surface area (TPSA) is 41.1 Å². The summed E-state index contributed by atoms with van der Waals surface area (Å²) in [4.78, 5) is 13.0. The molecule has 2 rings (SSSR count). The lowest BCUT2D eigenvalue weighted by Crippen LogP contribution is -2.30. The van der Waals surface area contributed by atoms with E-state index in [1.807, 2.05) is 30.5 Å². The van der Waals surface area contributed by atoms with Gasteiger partial charge in [0.2, 0.25) is 5.91 Å². The first-order valence-electron chi connectivity index (χ1n) is 7.12. The van der Waals surface area contributed by atoms with Crippen LogP contribution in [-0.4, -0.2) is 18.7 Å². The number of thioether (sulfide) groups is 1. The molecule has 0 aliphatic rings. The molecule has 0 radical (unpaired) electrons. The maximum atomic E-state index is 13.2. The van der Waals surface area contributed by atoms with Crippen LogP contribution in [0.15, 0.2) is 47.4 Å². The Bertz CT molecular complexity index is 694. The number of carbonyl (C=O) groups excluding carboxylic acids is 1. The van der Waals surface area contributed by atoms with Crippen molar-refractivity contribution in [2.75, 3.05) is 18.1 Å². The van der Waals surface area contributed by atoms with E-state index in [-0.39, 0.29) is 18.5 Å². The molecule has 0 unspecified atom stereocenters. The highest BCUT2D eigenvalue weighted by Gasteiger charge is 2.11. The van der Waals surface area contributed by atoms with Crippen LogP contribution in [0.5, 0.6) is 0 Å². The molecule has 23 heavy (non-hydrogen) atoms. The Hall–Kier alpha value is -1.92. The molecule has 2 N–H and O–H groups in total. The molecule has 0 aromatic heterocycles. The van der Waals surface area contributed by atoms with Gasteiger partial charge in [-0.3, -0.25) is 4.79 Å². The minimum absolute atomic E-state index is 0.0723. The first kappa shape index (κ1) is 17.4. The van der Waals surface area contributed by atoms with Crippen molar-refractivity contribution in [3.63, 3.8) is 0 Å². The second-order valence-electron chi connectivity index (χ2n) is 5.02. The van der Waals surface area contributed by atoms with Gasteiger partial charge in [0.15, 0.2) is 11.6 Å². The van der Waals surface area contributed by atoms with E-state index in [9.17, 15) is 13.6 Å². The molecule has 2 aromatic rings. The highest BCUT2D eigenvalue weighted by atomic mass is 32.2. The van der Waals surface area contributed by atoms with E-state index >= 15 is 0 Å². The van der Waals surface area contributed by atoms with Gasteiger partial charge in [-0.1, -0.05) is 18.2 Å². The summed E-state index contributed by atoms with van der Waals surface area (Å²) in [5.41, 5.74) is 1.34. The molecule has 0 spiro atoms. The van der Waals surface area contributed by atoms with Crippen molar-refractivity contribution in [3.8, 4) is 0 Å². The molecule has 0 fully saturated rings. The summed E-state index contributed by atoms with van der Waals surface area (Å²) in [7, 11) is 0. The van der Waals surface area contributed by atoms with Gasteiger partial charge in [0.1, 0.15) is 0 Å². The summed E-state index contributed by atoms with van der Waals surface area (Å²) in [6, 6.07) is 11.0. The van der Waals surface area contributed by atoms with Crippen molar-refractivity contribution in [2.24, 2.45) is 0 Å². The normalized spacial score (nSPS) is 12.0. The average molecular weight is 336 g/mol. The first-order valence-corrected chi connectivity index (χ1v) is 8.35. The van der Waals surface area contributed by atoms with E-state index in [1.54, 1.807) is 18.7 Å². The van der Waals surface area contributed by atoms with Gasteiger partial charge >= 0.3 is 0 Å². The lowest BCUT2D eigenvalue weighted by Gasteiger charge is -2.15. The quantitative estimate of drug-likeness (QED) is 0.784. The van der Waals surface area contributed by atoms with Crippen LogP contribution in [-0.2, 0) is 4.79 Å². The van der Waals surface area contributed by atoms with Crippen LogP contribution in [0.1, 0.15) is 18.5 Å². The van der Waals surface area contributed by atoms with Crippen molar-refractivity contribution in [1.82, 2.24) is 5.32 Å². The molecule has 122 valence electrons. The molecule has 6 heteroatoms. The Labute approximate surface area is 138 Å². The first-order chi connectivity index (χ1) is 11.0. The fraction of sp³-hybridized carbons (Fsp3) is 0.235. The van der Waals surface area contributed by atoms with Crippen molar-refractivity contribution in [1.29, 1.82) is 0 Å². The van der Waals surface area contributed by atoms with E-state index < -0.39 is 11.6 Å². The highest BCUT2D eigenvalue weighted by molar-refractivity contribution is 7.98. The van der Waals surface area contributed by atoms with Gasteiger partial charge < -0.3 is 10.6 Å². The Morgan fingerprint density at radius 3 is 2.61 bits per heavy atom. The predicted molar refractivity (Wildman–Crippen MR) is 89.6 cm³/mol. The number of nitrogens with one attached hydrogen (secondary N) is 2. The summed E-state index contributed by atoms with van der Waals surface area (Å²) >= 11 is 1.55. The standard InChI is InChI=1S/C17H18F2N2OS/c1-11(12-7-8-13(18)14(19)9-12)20-10-17(22)21-15-5-3-4-6-16(15)23-2/h3-9,11,20H,10H2,1-2H3,(H,21,22)/t11-/m1/s1. The lowest BCUT2D eigenvalue weighted by molar-refractivity contribution is -0.115. The van der Waals surface area contributed by atoms with Crippen LogP contribution in [0.25, 0.3) is 0 Å². The largest absolute Gasteiger partial charge is 0.324 e. The number of rotatable bonds is 6. The summed E-state index contributed by atoms with van der Waals surface area (Å²) in [6.45, 7) is 1.86. The maximum absolute atomic E-state index is 13.2. The SMILES string of the molecule is CSc1ccccc1NC(=O)CN[C@H](C)c1ccc(F)c(F)c1. The van der Waals surface area contributed by atoms with E-state index in [4.69, 9.17) is 0 Å². The number of hydrogen-bond acceptors (Lipinski definition) is 3. The molecule has 0 saturated heterocycles. The smallest absolute Gasteiger partial charge is 0.238 e. The van der Waals surface area contributed by atoms with E-state index in [1.165, 1.54) is 6.07 Å². The van der Waals surface area contributed by atoms with Crippen molar-refractivity contribution in [3.05, 3.63) is 59.7 Å². The number of benzene rings is 2. The van der Waals surface area contributed by atoms with E-state index in [0.717, 1.165) is 22.7 Å². The zero-order valence-corrected chi connectivity index (χ0v) is 13.7. The van der Waals surface area contributed by atoms with Gasteiger partial charge in [-0.05, 0) is 43.0 Å². The van der Waals surface area contributed by atoms with Crippen LogP contribution in [0.2, 0.25) is 0 Å². The van der Waals surface area contributed by atoms with Gasteiger partial charge in [-0.15, -0.1) is 11.8 Å². The van der Waals surface area contributed by atoms with Crippen LogP contribution in [0.4, 0.5) is 14.5 Å².